The Balaban J connectivity index is 2.71. The van der Waals surface area contributed by atoms with Crippen LogP contribution >= 0.6 is 0 Å². The third-order valence-electron chi connectivity index (χ3n) is 1.85. The summed E-state index contributed by atoms with van der Waals surface area (Å²) in [6.07, 6.45) is 4.82. The molecule has 0 aliphatic heterocycles. The molecular formula is C8H15N3. The monoisotopic (exact) mass is 153 g/mol. The first kappa shape index (κ1) is 8.27. The Morgan fingerprint density at radius 1 is 1.64 bits per heavy atom. The van der Waals surface area contributed by atoms with Gasteiger partial charge in [-0.1, -0.05) is 6.92 Å². The van der Waals surface area contributed by atoms with Crippen molar-refractivity contribution in [2.75, 3.05) is 0 Å². The van der Waals surface area contributed by atoms with E-state index in [0.717, 1.165) is 18.5 Å². The number of aryl methyl sites for hydroxylation is 1. The van der Waals surface area contributed by atoms with Gasteiger partial charge >= 0.3 is 0 Å². The normalized spacial score (nSPS) is 13.4. The van der Waals surface area contributed by atoms with Gasteiger partial charge in [0.15, 0.2) is 0 Å². The van der Waals surface area contributed by atoms with Gasteiger partial charge in [-0.25, -0.2) is 0 Å². The minimum atomic E-state index is 0.148. The van der Waals surface area contributed by atoms with E-state index in [9.17, 15) is 0 Å². The predicted octanol–water partition coefficient (Wildman–Crippen LogP) is 1.31. The first-order valence-corrected chi connectivity index (χ1v) is 4.05. The highest BCUT2D eigenvalue weighted by Crippen LogP contribution is 2.11. The van der Waals surface area contributed by atoms with Gasteiger partial charge in [-0.3, -0.25) is 4.68 Å². The summed E-state index contributed by atoms with van der Waals surface area (Å²) in [5, 5.41) is 4.14. The van der Waals surface area contributed by atoms with Crippen molar-refractivity contribution < 1.29 is 0 Å². The number of nitrogens with zero attached hydrogens (tertiary/aromatic N) is 2. The molecule has 0 fully saturated rings. The van der Waals surface area contributed by atoms with Crippen molar-refractivity contribution in [3.8, 4) is 0 Å². The van der Waals surface area contributed by atoms with E-state index in [-0.39, 0.29) is 6.04 Å². The van der Waals surface area contributed by atoms with Crippen LogP contribution in [0.3, 0.4) is 0 Å². The first-order valence-electron chi connectivity index (χ1n) is 4.05. The van der Waals surface area contributed by atoms with E-state index < -0.39 is 0 Å². The molecule has 0 aromatic carbocycles. The smallest absolute Gasteiger partial charge is 0.0537 e. The summed E-state index contributed by atoms with van der Waals surface area (Å²) < 4.78 is 1.89. The van der Waals surface area contributed by atoms with Crippen LogP contribution in [0.5, 0.6) is 0 Å². The van der Waals surface area contributed by atoms with Crippen LogP contribution in [0, 0.1) is 0 Å². The Hall–Kier alpha value is -0.830. The van der Waals surface area contributed by atoms with Crippen molar-refractivity contribution in [2.45, 2.75) is 32.9 Å². The fourth-order valence-corrected chi connectivity index (χ4v) is 0.980. The average Bonchev–Trinajstić information content (AvgIpc) is 2.50. The van der Waals surface area contributed by atoms with Crippen LogP contribution in [0.4, 0.5) is 0 Å². The van der Waals surface area contributed by atoms with Crippen molar-refractivity contribution >= 4 is 0 Å². The number of hydrogen-bond acceptors (Lipinski definition) is 2. The summed E-state index contributed by atoms with van der Waals surface area (Å²) in [4.78, 5) is 0. The Bertz CT molecular complexity index is 217. The van der Waals surface area contributed by atoms with Crippen LogP contribution in [0.1, 0.15) is 31.9 Å². The lowest BCUT2D eigenvalue weighted by Crippen LogP contribution is -2.07. The van der Waals surface area contributed by atoms with Gasteiger partial charge in [0, 0.05) is 24.3 Å². The summed E-state index contributed by atoms with van der Waals surface area (Å²) >= 11 is 0. The summed E-state index contributed by atoms with van der Waals surface area (Å²) in [6.45, 7) is 5.05. The molecule has 0 aliphatic rings. The zero-order valence-corrected chi connectivity index (χ0v) is 7.12. The molecule has 0 saturated carbocycles. The van der Waals surface area contributed by atoms with E-state index in [2.05, 4.69) is 18.9 Å². The highest BCUT2D eigenvalue weighted by atomic mass is 15.3. The highest BCUT2D eigenvalue weighted by Gasteiger charge is 2.04. The molecule has 0 radical (unpaired) electrons. The van der Waals surface area contributed by atoms with Crippen molar-refractivity contribution in [3.05, 3.63) is 18.0 Å². The van der Waals surface area contributed by atoms with E-state index in [1.165, 1.54) is 0 Å². The maximum atomic E-state index is 5.81. The molecule has 3 heteroatoms. The molecule has 1 aromatic heterocycles. The molecule has 0 saturated heterocycles. The van der Waals surface area contributed by atoms with Gasteiger partial charge in [0.2, 0.25) is 0 Å². The SMILES string of the molecule is CCC(N)c1cnn(CC)c1. The third kappa shape index (κ3) is 1.80. The summed E-state index contributed by atoms with van der Waals surface area (Å²) in [5.41, 5.74) is 6.94. The van der Waals surface area contributed by atoms with Crippen molar-refractivity contribution in [3.63, 3.8) is 0 Å². The Labute approximate surface area is 67.2 Å². The van der Waals surface area contributed by atoms with E-state index in [1.54, 1.807) is 0 Å². The second kappa shape index (κ2) is 3.53. The Morgan fingerprint density at radius 3 is 2.82 bits per heavy atom. The molecule has 1 aromatic rings. The van der Waals surface area contributed by atoms with E-state index in [4.69, 9.17) is 5.73 Å². The second-order valence-corrected chi connectivity index (χ2v) is 2.64. The minimum absolute atomic E-state index is 0.148. The molecule has 3 nitrogen and oxygen atoms in total. The van der Waals surface area contributed by atoms with Crippen LogP contribution in [0.25, 0.3) is 0 Å². The summed E-state index contributed by atoms with van der Waals surface area (Å²) in [6, 6.07) is 0.148. The number of rotatable bonds is 3. The lowest BCUT2D eigenvalue weighted by atomic mass is 10.1. The van der Waals surface area contributed by atoms with Gasteiger partial charge in [0.1, 0.15) is 0 Å². The maximum Gasteiger partial charge on any atom is 0.0537 e. The largest absolute Gasteiger partial charge is 0.324 e. The van der Waals surface area contributed by atoms with Gasteiger partial charge in [-0.15, -0.1) is 0 Å². The zero-order chi connectivity index (χ0) is 8.27. The van der Waals surface area contributed by atoms with Crippen LogP contribution in [0.15, 0.2) is 12.4 Å². The zero-order valence-electron chi connectivity index (χ0n) is 7.12. The van der Waals surface area contributed by atoms with Gasteiger partial charge in [0.25, 0.3) is 0 Å². The minimum Gasteiger partial charge on any atom is -0.324 e. The van der Waals surface area contributed by atoms with Crippen molar-refractivity contribution in [1.29, 1.82) is 0 Å². The van der Waals surface area contributed by atoms with Gasteiger partial charge in [0.05, 0.1) is 6.20 Å². The lowest BCUT2D eigenvalue weighted by molar-refractivity contribution is 0.654. The molecule has 11 heavy (non-hydrogen) atoms. The van der Waals surface area contributed by atoms with Crippen molar-refractivity contribution in [1.82, 2.24) is 9.78 Å². The number of hydrogen-bond donors (Lipinski definition) is 1. The van der Waals surface area contributed by atoms with Crippen LogP contribution in [0.2, 0.25) is 0 Å². The van der Waals surface area contributed by atoms with Crippen molar-refractivity contribution in [2.24, 2.45) is 5.73 Å². The predicted molar refractivity (Wildman–Crippen MR) is 45.1 cm³/mol. The average molecular weight is 153 g/mol. The molecule has 1 unspecified atom stereocenters. The summed E-state index contributed by atoms with van der Waals surface area (Å²) in [5.74, 6) is 0. The number of aromatic nitrogens is 2. The lowest BCUT2D eigenvalue weighted by Gasteiger charge is -2.03. The second-order valence-electron chi connectivity index (χ2n) is 2.64. The van der Waals surface area contributed by atoms with Crippen LogP contribution < -0.4 is 5.73 Å². The Morgan fingerprint density at radius 2 is 2.36 bits per heavy atom. The molecule has 1 rings (SSSR count). The topological polar surface area (TPSA) is 43.8 Å². The fraction of sp³-hybridized carbons (Fsp3) is 0.625. The van der Waals surface area contributed by atoms with Gasteiger partial charge in [-0.05, 0) is 13.3 Å². The molecule has 0 aliphatic carbocycles. The quantitative estimate of drug-likeness (QED) is 0.711. The van der Waals surface area contributed by atoms with E-state index >= 15 is 0 Å². The highest BCUT2D eigenvalue weighted by molar-refractivity contribution is 5.08. The molecule has 1 heterocycles. The standard InChI is InChI=1S/C8H15N3/c1-3-8(9)7-5-10-11(4-2)6-7/h5-6,8H,3-4,9H2,1-2H3. The molecule has 2 N–H and O–H groups in total. The molecule has 1 atom stereocenters. The third-order valence-corrected chi connectivity index (χ3v) is 1.85. The Kier molecular flexibility index (Phi) is 2.65. The van der Waals surface area contributed by atoms with E-state index in [0.29, 0.717) is 0 Å². The van der Waals surface area contributed by atoms with Gasteiger partial charge in [-0.2, -0.15) is 5.10 Å². The molecular weight excluding hydrogens is 138 g/mol. The summed E-state index contributed by atoms with van der Waals surface area (Å²) in [7, 11) is 0. The fourth-order valence-electron chi connectivity index (χ4n) is 0.980. The maximum absolute atomic E-state index is 5.81. The van der Waals surface area contributed by atoms with Gasteiger partial charge < -0.3 is 5.73 Å². The van der Waals surface area contributed by atoms with E-state index in [1.807, 2.05) is 17.1 Å². The molecule has 0 bridgehead atoms. The molecule has 62 valence electrons. The molecule has 0 spiro atoms. The first-order chi connectivity index (χ1) is 5.27. The van der Waals surface area contributed by atoms with Crippen LogP contribution in [-0.4, -0.2) is 9.78 Å². The number of nitrogens with two attached hydrogens (primary N) is 1. The molecule has 0 amide bonds. The van der Waals surface area contributed by atoms with Crippen LogP contribution in [-0.2, 0) is 6.54 Å².